The number of esters is 2. The summed E-state index contributed by atoms with van der Waals surface area (Å²) in [7, 11) is 0. The van der Waals surface area contributed by atoms with Crippen LogP contribution >= 0.6 is 0 Å². The highest BCUT2D eigenvalue weighted by atomic mass is 16.6. The number of hydrogen-bond donors (Lipinski definition) is 1. The van der Waals surface area contributed by atoms with Crippen LogP contribution < -0.4 is 5.32 Å². The number of rotatable bonds is 6. The fourth-order valence-electron chi connectivity index (χ4n) is 3.18. The van der Waals surface area contributed by atoms with Crippen LogP contribution in [0.5, 0.6) is 0 Å². The summed E-state index contributed by atoms with van der Waals surface area (Å²) in [5, 5.41) is 2.71. The van der Waals surface area contributed by atoms with Crippen LogP contribution in [0, 0.1) is 0 Å². The second-order valence-corrected chi connectivity index (χ2v) is 6.84. The SMILES string of the molecule is CC(=O)N[C@@H]1CN(C(=O)OCc2ccccc2)[C@H](COC(C)=O)C[C@@H]1OC(C)=O. The molecule has 1 fully saturated rings. The third kappa shape index (κ3) is 7.10. The molecule has 9 nitrogen and oxygen atoms in total. The molecule has 1 N–H and O–H groups in total. The maximum Gasteiger partial charge on any atom is 0.410 e. The third-order valence-electron chi connectivity index (χ3n) is 4.41. The van der Waals surface area contributed by atoms with Crippen LogP contribution in [0.3, 0.4) is 0 Å². The Morgan fingerprint density at radius 3 is 2.31 bits per heavy atom. The van der Waals surface area contributed by atoms with Crippen molar-refractivity contribution in [3.8, 4) is 0 Å². The lowest BCUT2D eigenvalue weighted by molar-refractivity contribution is -0.155. The Bertz CT molecular complexity index is 738. The zero-order valence-corrected chi connectivity index (χ0v) is 16.8. The predicted molar refractivity (Wildman–Crippen MR) is 102 cm³/mol. The molecule has 1 aromatic rings. The minimum absolute atomic E-state index is 0.0527. The van der Waals surface area contributed by atoms with Crippen molar-refractivity contribution in [3.63, 3.8) is 0 Å². The minimum Gasteiger partial charge on any atom is -0.464 e. The standard InChI is InChI=1S/C20H26N2O7/c1-13(23)21-18-10-22(20(26)28-11-16-7-5-4-6-8-16)17(12-27-14(2)24)9-19(18)29-15(3)25/h4-8,17-19H,9-12H2,1-3H3,(H,21,23)/t17-,18+,19-/m0/s1. The average Bonchev–Trinajstić information content (AvgIpc) is 2.65. The quantitative estimate of drug-likeness (QED) is 0.561. The fourth-order valence-corrected chi connectivity index (χ4v) is 3.18. The van der Waals surface area contributed by atoms with E-state index >= 15 is 0 Å². The molecule has 0 bridgehead atoms. The summed E-state index contributed by atoms with van der Waals surface area (Å²) in [5.74, 6) is -1.31. The molecule has 9 heteroatoms. The summed E-state index contributed by atoms with van der Waals surface area (Å²) in [6.07, 6.45) is -1.07. The number of ether oxygens (including phenoxy) is 3. The van der Waals surface area contributed by atoms with Gasteiger partial charge in [-0.25, -0.2) is 4.79 Å². The summed E-state index contributed by atoms with van der Waals surface area (Å²) in [6, 6.07) is 8.03. The Morgan fingerprint density at radius 1 is 1.03 bits per heavy atom. The van der Waals surface area contributed by atoms with E-state index in [1.807, 2.05) is 30.3 Å². The Morgan fingerprint density at radius 2 is 1.72 bits per heavy atom. The van der Waals surface area contributed by atoms with Gasteiger partial charge in [-0.05, 0) is 5.56 Å². The molecule has 0 spiro atoms. The van der Waals surface area contributed by atoms with Gasteiger partial charge in [0, 0.05) is 33.7 Å². The maximum atomic E-state index is 12.7. The molecule has 158 valence electrons. The molecular formula is C20H26N2O7. The van der Waals surface area contributed by atoms with Crippen LogP contribution in [-0.2, 0) is 35.2 Å². The first kappa shape index (κ1) is 22.2. The lowest BCUT2D eigenvalue weighted by Gasteiger charge is -2.42. The molecule has 2 rings (SSSR count). The van der Waals surface area contributed by atoms with Crippen LogP contribution in [0.4, 0.5) is 4.79 Å². The molecule has 1 aliphatic heterocycles. The molecule has 0 unspecified atom stereocenters. The monoisotopic (exact) mass is 406 g/mol. The Labute approximate surface area is 169 Å². The molecule has 1 aliphatic rings. The van der Waals surface area contributed by atoms with Gasteiger partial charge in [-0.2, -0.15) is 0 Å². The summed E-state index contributed by atoms with van der Waals surface area (Å²) in [6.45, 7) is 3.94. The maximum absolute atomic E-state index is 12.7. The van der Waals surface area contributed by atoms with Gasteiger partial charge in [0.25, 0.3) is 0 Å². The first-order valence-electron chi connectivity index (χ1n) is 9.31. The van der Waals surface area contributed by atoms with Crippen molar-refractivity contribution in [2.24, 2.45) is 0 Å². The number of piperidine rings is 1. The molecule has 2 amide bonds. The number of amides is 2. The van der Waals surface area contributed by atoms with Crippen molar-refractivity contribution < 1.29 is 33.4 Å². The lowest BCUT2D eigenvalue weighted by atomic mass is 9.95. The van der Waals surface area contributed by atoms with E-state index in [1.54, 1.807) is 0 Å². The fraction of sp³-hybridized carbons (Fsp3) is 0.500. The highest BCUT2D eigenvalue weighted by Gasteiger charge is 2.41. The average molecular weight is 406 g/mol. The highest BCUT2D eigenvalue weighted by molar-refractivity contribution is 5.74. The van der Waals surface area contributed by atoms with E-state index in [0.29, 0.717) is 0 Å². The molecule has 1 saturated heterocycles. The number of hydrogen-bond acceptors (Lipinski definition) is 7. The molecule has 0 aliphatic carbocycles. The highest BCUT2D eigenvalue weighted by Crippen LogP contribution is 2.23. The van der Waals surface area contributed by atoms with Crippen LogP contribution in [0.2, 0.25) is 0 Å². The van der Waals surface area contributed by atoms with E-state index in [9.17, 15) is 19.2 Å². The normalized spacial score (nSPS) is 21.1. The zero-order chi connectivity index (χ0) is 21.4. The molecule has 29 heavy (non-hydrogen) atoms. The van der Waals surface area contributed by atoms with Crippen molar-refractivity contribution in [1.82, 2.24) is 10.2 Å². The van der Waals surface area contributed by atoms with Crippen molar-refractivity contribution in [1.29, 1.82) is 0 Å². The Hall–Kier alpha value is -3.10. The number of nitrogens with one attached hydrogen (secondary N) is 1. The van der Waals surface area contributed by atoms with Crippen LogP contribution in [-0.4, -0.2) is 60.2 Å². The van der Waals surface area contributed by atoms with Crippen molar-refractivity contribution >= 4 is 23.9 Å². The van der Waals surface area contributed by atoms with Gasteiger partial charge in [0.05, 0.1) is 12.1 Å². The van der Waals surface area contributed by atoms with Gasteiger partial charge in [0.15, 0.2) is 0 Å². The number of benzene rings is 1. The van der Waals surface area contributed by atoms with Gasteiger partial charge in [0.1, 0.15) is 19.3 Å². The Balaban J connectivity index is 2.14. The molecule has 3 atom stereocenters. The molecule has 1 heterocycles. The van der Waals surface area contributed by atoms with Crippen LogP contribution in [0.15, 0.2) is 30.3 Å². The zero-order valence-electron chi connectivity index (χ0n) is 16.8. The van der Waals surface area contributed by atoms with E-state index in [0.717, 1.165) is 5.56 Å². The number of nitrogens with zero attached hydrogens (tertiary/aromatic N) is 1. The second-order valence-electron chi connectivity index (χ2n) is 6.84. The summed E-state index contributed by atoms with van der Waals surface area (Å²) in [4.78, 5) is 48.4. The van der Waals surface area contributed by atoms with Gasteiger partial charge in [0.2, 0.25) is 5.91 Å². The topological polar surface area (TPSA) is 111 Å². The van der Waals surface area contributed by atoms with Gasteiger partial charge in [-0.1, -0.05) is 30.3 Å². The smallest absolute Gasteiger partial charge is 0.410 e. The van der Waals surface area contributed by atoms with Gasteiger partial charge >= 0.3 is 18.0 Å². The first-order valence-corrected chi connectivity index (χ1v) is 9.31. The lowest BCUT2D eigenvalue weighted by Crippen LogP contribution is -2.61. The molecule has 0 radical (unpaired) electrons. The molecule has 0 saturated carbocycles. The van der Waals surface area contributed by atoms with Gasteiger partial charge in [-0.15, -0.1) is 0 Å². The predicted octanol–water partition coefficient (Wildman–Crippen LogP) is 1.40. The molecule has 1 aromatic carbocycles. The molecular weight excluding hydrogens is 380 g/mol. The van der Waals surface area contributed by atoms with E-state index in [1.165, 1.54) is 25.7 Å². The van der Waals surface area contributed by atoms with E-state index < -0.39 is 36.2 Å². The van der Waals surface area contributed by atoms with Crippen molar-refractivity contribution in [2.45, 2.75) is 52.0 Å². The first-order chi connectivity index (χ1) is 13.8. The van der Waals surface area contributed by atoms with Gasteiger partial charge < -0.3 is 19.5 Å². The second kappa shape index (κ2) is 10.4. The van der Waals surface area contributed by atoms with E-state index in [-0.39, 0.29) is 32.1 Å². The largest absolute Gasteiger partial charge is 0.464 e. The summed E-state index contributed by atoms with van der Waals surface area (Å²) in [5.41, 5.74) is 0.825. The van der Waals surface area contributed by atoms with Crippen LogP contribution in [0.25, 0.3) is 0 Å². The third-order valence-corrected chi connectivity index (χ3v) is 4.41. The van der Waals surface area contributed by atoms with Crippen molar-refractivity contribution in [2.75, 3.05) is 13.2 Å². The number of carbonyl (C=O) groups excluding carboxylic acids is 4. The van der Waals surface area contributed by atoms with Gasteiger partial charge in [-0.3, -0.25) is 19.3 Å². The summed E-state index contributed by atoms with van der Waals surface area (Å²) >= 11 is 0. The van der Waals surface area contributed by atoms with Crippen molar-refractivity contribution in [3.05, 3.63) is 35.9 Å². The van der Waals surface area contributed by atoms with Crippen LogP contribution in [0.1, 0.15) is 32.8 Å². The van der Waals surface area contributed by atoms with E-state index in [2.05, 4.69) is 5.32 Å². The number of carbonyl (C=O) groups is 4. The van der Waals surface area contributed by atoms with E-state index in [4.69, 9.17) is 14.2 Å². The molecule has 0 aromatic heterocycles. The minimum atomic E-state index is -0.657. The number of likely N-dealkylation sites (tertiary alicyclic amines) is 1. The summed E-state index contributed by atoms with van der Waals surface area (Å²) < 4.78 is 15.8. The Kier molecular flexibility index (Phi) is 7.99.